The van der Waals surface area contributed by atoms with Gasteiger partial charge in [0.2, 0.25) is 0 Å². The van der Waals surface area contributed by atoms with Crippen molar-refractivity contribution in [2.24, 2.45) is 0 Å². The molecule has 0 fully saturated rings. The third-order valence-electron chi connectivity index (χ3n) is 11.1. The molecule has 55 heavy (non-hydrogen) atoms. The Hall–Kier alpha value is -1.59. The van der Waals surface area contributed by atoms with Gasteiger partial charge in [-0.05, 0) is 19.3 Å². The molecule has 0 amide bonds. The van der Waals surface area contributed by atoms with Crippen molar-refractivity contribution in [1.29, 1.82) is 0 Å². The van der Waals surface area contributed by atoms with Crippen LogP contribution in [0.1, 0.15) is 278 Å². The molecule has 0 aliphatic carbocycles. The SMILES string of the molecule is CCCCCCCCCCCCCCCCCCCCCC(=O)OC[C@H](COC(=O)CCCCCCCCCCCCCCC)OC(=O)CCCCCCC. The molecular formula is C49H94O6. The molecule has 6 nitrogen and oxygen atoms in total. The van der Waals surface area contributed by atoms with Gasteiger partial charge < -0.3 is 14.2 Å². The molecule has 0 bridgehead atoms. The van der Waals surface area contributed by atoms with Crippen LogP contribution in [-0.4, -0.2) is 37.2 Å². The van der Waals surface area contributed by atoms with Gasteiger partial charge in [0, 0.05) is 19.3 Å². The summed E-state index contributed by atoms with van der Waals surface area (Å²) in [7, 11) is 0. The topological polar surface area (TPSA) is 78.9 Å². The molecule has 0 heterocycles. The van der Waals surface area contributed by atoms with Crippen LogP contribution in [0, 0.1) is 0 Å². The van der Waals surface area contributed by atoms with Crippen molar-refractivity contribution in [2.45, 2.75) is 284 Å². The Kier molecular flexibility index (Phi) is 43.8. The highest BCUT2D eigenvalue weighted by molar-refractivity contribution is 5.71. The van der Waals surface area contributed by atoms with Crippen LogP contribution in [0.3, 0.4) is 0 Å². The van der Waals surface area contributed by atoms with Crippen LogP contribution >= 0.6 is 0 Å². The summed E-state index contributed by atoms with van der Waals surface area (Å²) in [6.45, 7) is 6.59. The van der Waals surface area contributed by atoms with Crippen molar-refractivity contribution in [3.8, 4) is 0 Å². The van der Waals surface area contributed by atoms with Gasteiger partial charge in [0.05, 0.1) is 0 Å². The Labute approximate surface area is 342 Å². The lowest BCUT2D eigenvalue weighted by Crippen LogP contribution is -2.30. The molecule has 0 saturated heterocycles. The molecule has 6 heteroatoms. The maximum absolute atomic E-state index is 12.5. The van der Waals surface area contributed by atoms with Gasteiger partial charge >= 0.3 is 17.9 Å². The molecule has 0 aromatic rings. The third kappa shape index (κ3) is 43.4. The monoisotopic (exact) mass is 779 g/mol. The zero-order valence-corrected chi connectivity index (χ0v) is 37.2. The van der Waals surface area contributed by atoms with Crippen LogP contribution < -0.4 is 0 Å². The number of rotatable bonds is 45. The summed E-state index contributed by atoms with van der Waals surface area (Å²) in [6, 6.07) is 0. The van der Waals surface area contributed by atoms with Crippen LogP contribution in [0.25, 0.3) is 0 Å². The average molecular weight is 779 g/mol. The summed E-state index contributed by atoms with van der Waals surface area (Å²) in [5.74, 6) is -0.862. The van der Waals surface area contributed by atoms with Gasteiger partial charge in [-0.15, -0.1) is 0 Å². The van der Waals surface area contributed by atoms with E-state index in [4.69, 9.17) is 14.2 Å². The van der Waals surface area contributed by atoms with Crippen LogP contribution in [0.4, 0.5) is 0 Å². The molecule has 326 valence electrons. The molecule has 0 spiro atoms. The maximum Gasteiger partial charge on any atom is 0.306 e. The number of hydrogen-bond acceptors (Lipinski definition) is 6. The maximum atomic E-state index is 12.5. The second-order valence-electron chi connectivity index (χ2n) is 16.7. The van der Waals surface area contributed by atoms with Crippen molar-refractivity contribution in [2.75, 3.05) is 13.2 Å². The quantitative estimate of drug-likeness (QED) is 0.0348. The Morgan fingerprint density at radius 3 is 0.727 bits per heavy atom. The van der Waals surface area contributed by atoms with Crippen LogP contribution in [0.5, 0.6) is 0 Å². The van der Waals surface area contributed by atoms with Gasteiger partial charge in [-0.3, -0.25) is 14.4 Å². The van der Waals surface area contributed by atoms with E-state index in [0.717, 1.165) is 64.2 Å². The lowest BCUT2D eigenvalue weighted by Gasteiger charge is -2.18. The fourth-order valence-electron chi connectivity index (χ4n) is 7.38. The molecule has 0 radical (unpaired) electrons. The number of carbonyl (C=O) groups is 3. The average Bonchev–Trinajstić information content (AvgIpc) is 3.18. The first kappa shape index (κ1) is 53.4. The molecule has 0 saturated carbocycles. The van der Waals surface area contributed by atoms with Crippen molar-refractivity contribution < 1.29 is 28.6 Å². The van der Waals surface area contributed by atoms with Gasteiger partial charge in [-0.25, -0.2) is 0 Å². The fourth-order valence-corrected chi connectivity index (χ4v) is 7.38. The summed E-state index contributed by atoms with van der Waals surface area (Å²) in [5, 5.41) is 0. The van der Waals surface area contributed by atoms with Crippen molar-refractivity contribution in [3.05, 3.63) is 0 Å². The highest BCUT2D eigenvalue weighted by Gasteiger charge is 2.19. The van der Waals surface area contributed by atoms with Crippen molar-refractivity contribution in [1.82, 2.24) is 0 Å². The third-order valence-corrected chi connectivity index (χ3v) is 11.1. The fraction of sp³-hybridized carbons (Fsp3) is 0.939. The first-order valence-electron chi connectivity index (χ1n) is 24.5. The minimum Gasteiger partial charge on any atom is -0.462 e. The zero-order chi connectivity index (χ0) is 40.1. The molecular weight excluding hydrogens is 685 g/mol. The van der Waals surface area contributed by atoms with E-state index in [1.807, 2.05) is 0 Å². The predicted octanol–water partition coefficient (Wildman–Crippen LogP) is 15.6. The molecule has 0 N–H and O–H groups in total. The second-order valence-corrected chi connectivity index (χ2v) is 16.7. The number of esters is 3. The molecule has 0 rings (SSSR count). The Bertz CT molecular complexity index is 813. The van der Waals surface area contributed by atoms with Gasteiger partial charge in [-0.2, -0.15) is 0 Å². The highest BCUT2D eigenvalue weighted by atomic mass is 16.6. The van der Waals surface area contributed by atoms with E-state index in [9.17, 15) is 14.4 Å². The van der Waals surface area contributed by atoms with E-state index in [1.165, 1.54) is 173 Å². The predicted molar refractivity (Wildman–Crippen MR) is 233 cm³/mol. The molecule has 0 aromatic heterocycles. The van der Waals surface area contributed by atoms with Gasteiger partial charge in [0.1, 0.15) is 13.2 Å². The van der Waals surface area contributed by atoms with Crippen LogP contribution in [0.15, 0.2) is 0 Å². The van der Waals surface area contributed by atoms with Crippen LogP contribution in [-0.2, 0) is 28.6 Å². The Balaban J connectivity index is 4.05. The number of ether oxygens (including phenoxy) is 3. The van der Waals surface area contributed by atoms with E-state index in [2.05, 4.69) is 20.8 Å². The standard InChI is InChI=1S/C49H94O6/c1-4-7-10-13-15-17-19-21-22-23-24-25-26-28-30-32-34-37-39-42-48(51)54-45-46(55-49(52)43-40-35-12-9-6-3)44-53-47(50)41-38-36-33-31-29-27-20-18-16-14-11-8-5-2/h46H,4-45H2,1-3H3/t46-/m0/s1. The number of carbonyl (C=O) groups excluding carboxylic acids is 3. The first-order chi connectivity index (χ1) is 27.0. The lowest BCUT2D eigenvalue weighted by atomic mass is 10.0. The summed E-state index contributed by atoms with van der Waals surface area (Å²) >= 11 is 0. The summed E-state index contributed by atoms with van der Waals surface area (Å²) in [5.41, 5.74) is 0. The van der Waals surface area contributed by atoms with Gasteiger partial charge in [0.25, 0.3) is 0 Å². The van der Waals surface area contributed by atoms with E-state index in [-0.39, 0.29) is 31.1 Å². The van der Waals surface area contributed by atoms with Gasteiger partial charge in [0.15, 0.2) is 6.10 Å². The van der Waals surface area contributed by atoms with Crippen LogP contribution in [0.2, 0.25) is 0 Å². The first-order valence-corrected chi connectivity index (χ1v) is 24.5. The van der Waals surface area contributed by atoms with E-state index < -0.39 is 6.10 Å². The molecule has 0 aliphatic heterocycles. The smallest absolute Gasteiger partial charge is 0.306 e. The Morgan fingerprint density at radius 1 is 0.291 bits per heavy atom. The van der Waals surface area contributed by atoms with E-state index in [1.54, 1.807) is 0 Å². The summed E-state index contributed by atoms with van der Waals surface area (Å²) in [4.78, 5) is 37.5. The minimum atomic E-state index is -0.757. The Morgan fingerprint density at radius 2 is 0.491 bits per heavy atom. The van der Waals surface area contributed by atoms with Crippen molar-refractivity contribution in [3.63, 3.8) is 0 Å². The molecule has 1 atom stereocenters. The highest BCUT2D eigenvalue weighted by Crippen LogP contribution is 2.16. The van der Waals surface area contributed by atoms with E-state index >= 15 is 0 Å². The normalized spacial score (nSPS) is 11.8. The molecule has 0 aliphatic rings. The number of hydrogen-bond donors (Lipinski definition) is 0. The van der Waals surface area contributed by atoms with Gasteiger partial charge in [-0.1, -0.05) is 239 Å². The summed E-state index contributed by atoms with van der Waals surface area (Å²) < 4.78 is 16.6. The summed E-state index contributed by atoms with van der Waals surface area (Å²) in [6.07, 6.45) is 47.0. The number of unbranched alkanes of at least 4 members (excludes halogenated alkanes) is 34. The largest absolute Gasteiger partial charge is 0.462 e. The van der Waals surface area contributed by atoms with E-state index in [0.29, 0.717) is 19.3 Å². The van der Waals surface area contributed by atoms with Crippen molar-refractivity contribution >= 4 is 17.9 Å². The molecule has 0 unspecified atom stereocenters. The minimum absolute atomic E-state index is 0.0639. The zero-order valence-electron chi connectivity index (χ0n) is 37.2. The second kappa shape index (κ2) is 45.1. The lowest BCUT2D eigenvalue weighted by molar-refractivity contribution is -0.167. The molecule has 0 aromatic carbocycles.